The molecule has 0 aliphatic carbocycles. The summed E-state index contributed by atoms with van der Waals surface area (Å²) in [6.07, 6.45) is 0.194. The lowest BCUT2D eigenvalue weighted by Crippen LogP contribution is -2.03. The fourth-order valence-corrected chi connectivity index (χ4v) is 1.62. The molecule has 0 heterocycles. The molecule has 86 valence electrons. The van der Waals surface area contributed by atoms with Crippen LogP contribution in [0, 0.1) is 5.82 Å². The van der Waals surface area contributed by atoms with Crippen molar-refractivity contribution in [2.45, 2.75) is 6.42 Å². The van der Waals surface area contributed by atoms with Gasteiger partial charge in [0.15, 0.2) is 5.78 Å². The molecule has 0 unspecified atom stereocenters. The Balaban J connectivity index is 2.21. The number of phenols is 1. The van der Waals surface area contributed by atoms with Crippen molar-refractivity contribution in [3.05, 3.63) is 65.5 Å². The lowest BCUT2D eigenvalue weighted by Gasteiger charge is -2.04. The van der Waals surface area contributed by atoms with E-state index >= 15 is 0 Å². The Bertz CT molecular complexity index is 535. The Labute approximate surface area is 98.3 Å². The minimum Gasteiger partial charge on any atom is -0.507 e. The lowest BCUT2D eigenvalue weighted by atomic mass is 10.0. The highest BCUT2D eigenvalue weighted by atomic mass is 19.1. The highest BCUT2D eigenvalue weighted by Gasteiger charge is 2.12. The third-order valence-corrected chi connectivity index (χ3v) is 2.47. The van der Waals surface area contributed by atoms with Crippen molar-refractivity contribution in [2.75, 3.05) is 0 Å². The summed E-state index contributed by atoms with van der Waals surface area (Å²) < 4.78 is 12.8. The van der Waals surface area contributed by atoms with Crippen LogP contribution in [0.3, 0.4) is 0 Å². The van der Waals surface area contributed by atoms with E-state index in [1.54, 1.807) is 0 Å². The lowest BCUT2D eigenvalue weighted by molar-refractivity contribution is 0.0990. The molecule has 0 aliphatic heterocycles. The van der Waals surface area contributed by atoms with E-state index in [2.05, 4.69) is 0 Å². The molecule has 0 atom stereocenters. The number of ketones is 1. The van der Waals surface area contributed by atoms with Gasteiger partial charge in [-0.05, 0) is 17.7 Å². The normalized spacial score (nSPS) is 10.2. The summed E-state index contributed by atoms with van der Waals surface area (Å²) in [4.78, 5) is 11.9. The van der Waals surface area contributed by atoms with Gasteiger partial charge >= 0.3 is 0 Å². The summed E-state index contributed by atoms with van der Waals surface area (Å²) in [7, 11) is 0. The van der Waals surface area contributed by atoms with Crippen LogP contribution in [0.1, 0.15) is 15.9 Å². The Morgan fingerprint density at radius 2 is 1.82 bits per heavy atom. The molecule has 0 saturated heterocycles. The van der Waals surface area contributed by atoms with Crippen molar-refractivity contribution < 1.29 is 14.3 Å². The van der Waals surface area contributed by atoms with Crippen LogP contribution in [0.2, 0.25) is 0 Å². The van der Waals surface area contributed by atoms with Gasteiger partial charge in [0, 0.05) is 12.5 Å². The summed E-state index contributed by atoms with van der Waals surface area (Å²) in [5, 5.41) is 9.48. The average Bonchev–Trinajstić information content (AvgIpc) is 2.30. The molecule has 0 radical (unpaired) electrons. The van der Waals surface area contributed by atoms with Gasteiger partial charge in [-0.25, -0.2) is 4.39 Å². The molecule has 2 aromatic rings. The van der Waals surface area contributed by atoms with Crippen LogP contribution >= 0.6 is 0 Å². The van der Waals surface area contributed by atoms with Crippen molar-refractivity contribution in [1.82, 2.24) is 0 Å². The van der Waals surface area contributed by atoms with Gasteiger partial charge in [0.2, 0.25) is 0 Å². The summed E-state index contributed by atoms with van der Waals surface area (Å²) in [6.45, 7) is 0. The molecule has 3 heteroatoms. The zero-order valence-electron chi connectivity index (χ0n) is 9.06. The molecule has 2 aromatic carbocycles. The molecule has 0 amide bonds. The largest absolute Gasteiger partial charge is 0.507 e. The SMILES string of the molecule is O=C(Cc1ccccc1)c1ccc(F)cc1O. The number of phenolic OH excluding ortho intramolecular Hbond substituents is 1. The van der Waals surface area contributed by atoms with Crippen LogP contribution in [0.15, 0.2) is 48.5 Å². The predicted octanol–water partition coefficient (Wildman–Crippen LogP) is 2.96. The number of carbonyl (C=O) groups is 1. The fraction of sp³-hybridized carbons (Fsp3) is 0.0714. The molecule has 0 saturated carbocycles. The zero-order valence-corrected chi connectivity index (χ0v) is 9.06. The van der Waals surface area contributed by atoms with Crippen molar-refractivity contribution in [3.63, 3.8) is 0 Å². The maximum Gasteiger partial charge on any atom is 0.170 e. The third kappa shape index (κ3) is 2.69. The number of benzene rings is 2. The topological polar surface area (TPSA) is 37.3 Å². The van der Waals surface area contributed by atoms with E-state index < -0.39 is 5.82 Å². The molecule has 0 aromatic heterocycles. The van der Waals surface area contributed by atoms with Crippen LogP contribution < -0.4 is 0 Å². The van der Waals surface area contributed by atoms with Crippen molar-refractivity contribution in [3.8, 4) is 5.75 Å². The fourth-order valence-electron chi connectivity index (χ4n) is 1.62. The first-order valence-electron chi connectivity index (χ1n) is 5.22. The van der Waals surface area contributed by atoms with E-state index in [0.717, 1.165) is 17.7 Å². The van der Waals surface area contributed by atoms with Gasteiger partial charge in [-0.1, -0.05) is 30.3 Å². The molecule has 0 fully saturated rings. The molecular formula is C14H11FO2. The van der Waals surface area contributed by atoms with Crippen molar-refractivity contribution in [2.24, 2.45) is 0 Å². The Hall–Kier alpha value is -2.16. The Morgan fingerprint density at radius 3 is 2.47 bits per heavy atom. The monoisotopic (exact) mass is 230 g/mol. The number of halogens is 1. The summed E-state index contributed by atoms with van der Waals surface area (Å²) >= 11 is 0. The maximum absolute atomic E-state index is 12.8. The molecule has 0 bridgehead atoms. The molecule has 2 nitrogen and oxygen atoms in total. The summed E-state index contributed by atoms with van der Waals surface area (Å²) in [5.41, 5.74) is 1.01. The van der Waals surface area contributed by atoms with Gasteiger partial charge in [-0.15, -0.1) is 0 Å². The molecule has 0 spiro atoms. The van der Waals surface area contributed by atoms with E-state index in [-0.39, 0.29) is 23.5 Å². The van der Waals surface area contributed by atoms with Crippen LogP contribution in [0.5, 0.6) is 5.75 Å². The van der Waals surface area contributed by atoms with Gasteiger partial charge in [-0.2, -0.15) is 0 Å². The molecule has 0 aliphatic rings. The second-order valence-corrected chi connectivity index (χ2v) is 3.75. The second-order valence-electron chi connectivity index (χ2n) is 3.75. The summed E-state index contributed by atoms with van der Waals surface area (Å²) in [5.74, 6) is -1.10. The summed E-state index contributed by atoms with van der Waals surface area (Å²) in [6, 6.07) is 12.6. The molecule has 2 rings (SSSR count). The van der Waals surface area contributed by atoms with Crippen LogP contribution in [0.25, 0.3) is 0 Å². The first kappa shape index (κ1) is 11.3. The molecule has 17 heavy (non-hydrogen) atoms. The minimum atomic E-state index is -0.557. The first-order valence-corrected chi connectivity index (χ1v) is 5.22. The smallest absolute Gasteiger partial charge is 0.170 e. The minimum absolute atomic E-state index is 0.148. The predicted molar refractivity (Wildman–Crippen MR) is 62.5 cm³/mol. The standard InChI is InChI=1S/C14H11FO2/c15-11-6-7-12(14(17)9-11)13(16)8-10-4-2-1-3-5-10/h1-7,9,17H,8H2. The van der Waals surface area contributed by atoms with E-state index in [1.165, 1.54) is 6.07 Å². The number of rotatable bonds is 3. The molecule has 1 N–H and O–H groups in total. The number of hydrogen-bond donors (Lipinski definition) is 1. The van der Waals surface area contributed by atoms with Crippen LogP contribution in [-0.2, 0) is 6.42 Å². The second kappa shape index (κ2) is 4.78. The quantitative estimate of drug-likeness (QED) is 0.823. The van der Waals surface area contributed by atoms with Crippen molar-refractivity contribution >= 4 is 5.78 Å². The Kier molecular flexibility index (Phi) is 3.19. The van der Waals surface area contributed by atoms with Crippen LogP contribution in [0.4, 0.5) is 4.39 Å². The van der Waals surface area contributed by atoms with Crippen molar-refractivity contribution in [1.29, 1.82) is 0 Å². The Morgan fingerprint density at radius 1 is 1.12 bits per heavy atom. The van der Waals surface area contributed by atoms with E-state index in [1.807, 2.05) is 30.3 Å². The number of hydrogen-bond acceptors (Lipinski definition) is 2. The number of carbonyl (C=O) groups excluding carboxylic acids is 1. The van der Waals surface area contributed by atoms with E-state index in [9.17, 15) is 14.3 Å². The van der Waals surface area contributed by atoms with E-state index in [0.29, 0.717) is 0 Å². The maximum atomic E-state index is 12.8. The van der Waals surface area contributed by atoms with Gasteiger partial charge in [0.1, 0.15) is 11.6 Å². The number of aromatic hydroxyl groups is 1. The van der Waals surface area contributed by atoms with Gasteiger partial charge < -0.3 is 5.11 Å². The van der Waals surface area contributed by atoms with E-state index in [4.69, 9.17) is 0 Å². The van der Waals surface area contributed by atoms with Gasteiger partial charge in [-0.3, -0.25) is 4.79 Å². The first-order chi connectivity index (χ1) is 8.16. The highest BCUT2D eigenvalue weighted by Crippen LogP contribution is 2.20. The van der Waals surface area contributed by atoms with Crippen LogP contribution in [-0.4, -0.2) is 10.9 Å². The average molecular weight is 230 g/mol. The number of Topliss-reactive ketones (excluding diaryl/α,β-unsaturated/α-hetero) is 1. The zero-order chi connectivity index (χ0) is 12.3. The highest BCUT2D eigenvalue weighted by molar-refractivity contribution is 5.99. The molecular weight excluding hydrogens is 219 g/mol. The third-order valence-electron chi connectivity index (χ3n) is 2.47. The van der Waals surface area contributed by atoms with Gasteiger partial charge in [0.05, 0.1) is 5.56 Å². The van der Waals surface area contributed by atoms with Gasteiger partial charge in [0.25, 0.3) is 0 Å².